The van der Waals surface area contributed by atoms with Gasteiger partial charge in [-0.05, 0) is 18.9 Å². The lowest BCUT2D eigenvalue weighted by Gasteiger charge is -2.34. The molecule has 0 bridgehead atoms. The molecule has 1 aliphatic carbocycles. The SMILES string of the molecule is O=C(CN1CCN(Cc2ccccc2F)CC1)Nc1nnc(C2CC2)s1. The Kier molecular flexibility index (Phi) is 5.23. The molecule has 26 heavy (non-hydrogen) atoms. The predicted molar refractivity (Wildman–Crippen MR) is 98.6 cm³/mol. The number of aromatic nitrogens is 2. The van der Waals surface area contributed by atoms with Crippen molar-refractivity contribution < 1.29 is 9.18 Å². The second-order valence-electron chi connectivity index (χ2n) is 6.91. The molecule has 0 spiro atoms. The number of rotatable bonds is 6. The van der Waals surface area contributed by atoms with E-state index >= 15 is 0 Å². The van der Waals surface area contributed by atoms with Crippen LogP contribution in [-0.2, 0) is 11.3 Å². The van der Waals surface area contributed by atoms with Gasteiger partial charge in [0, 0.05) is 44.2 Å². The molecule has 1 N–H and O–H groups in total. The molecule has 0 atom stereocenters. The van der Waals surface area contributed by atoms with Crippen LogP contribution >= 0.6 is 11.3 Å². The Hall–Kier alpha value is -1.90. The van der Waals surface area contributed by atoms with Crippen LogP contribution < -0.4 is 5.32 Å². The Morgan fingerprint density at radius 1 is 1.15 bits per heavy atom. The van der Waals surface area contributed by atoms with Gasteiger partial charge in [0.05, 0.1) is 6.54 Å². The lowest BCUT2D eigenvalue weighted by atomic mass is 10.2. The van der Waals surface area contributed by atoms with Crippen molar-refractivity contribution in [2.75, 3.05) is 38.0 Å². The largest absolute Gasteiger partial charge is 0.299 e. The van der Waals surface area contributed by atoms with Gasteiger partial charge >= 0.3 is 0 Å². The molecule has 2 aliphatic rings. The van der Waals surface area contributed by atoms with E-state index in [9.17, 15) is 9.18 Å². The second kappa shape index (κ2) is 7.77. The summed E-state index contributed by atoms with van der Waals surface area (Å²) in [6.07, 6.45) is 2.36. The standard InChI is InChI=1S/C18H22FN5OS/c19-15-4-2-1-3-14(15)11-23-7-9-24(10-8-23)12-16(25)20-18-22-21-17(26-18)13-5-6-13/h1-4,13H,5-12H2,(H,20,22,25). The van der Waals surface area contributed by atoms with Crippen LogP contribution in [0.15, 0.2) is 24.3 Å². The highest BCUT2D eigenvalue weighted by Crippen LogP contribution is 2.42. The molecule has 2 aromatic rings. The first-order chi connectivity index (χ1) is 12.7. The van der Waals surface area contributed by atoms with Gasteiger partial charge in [0.15, 0.2) is 0 Å². The zero-order valence-electron chi connectivity index (χ0n) is 14.5. The number of nitrogens with one attached hydrogen (secondary N) is 1. The van der Waals surface area contributed by atoms with Crippen LogP contribution in [0, 0.1) is 5.82 Å². The fraction of sp³-hybridized carbons (Fsp3) is 0.500. The highest BCUT2D eigenvalue weighted by Gasteiger charge is 2.28. The summed E-state index contributed by atoms with van der Waals surface area (Å²) in [7, 11) is 0. The van der Waals surface area contributed by atoms with E-state index in [1.807, 2.05) is 12.1 Å². The summed E-state index contributed by atoms with van der Waals surface area (Å²) in [5.74, 6) is 0.351. The van der Waals surface area contributed by atoms with Gasteiger partial charge in [0.2, 0.25) is 11.0 Å². The predicted octanol–water partition coefficient (Wildman–Crippen LogP) is 2.31. The van der Waals surface area contributed by atoms with Crippen LogP contribution in [0.5, 0.6) is 0 Å². The zero-order chi connectivity index (χ0) is 17.9. The second-order valence-corrected chi connectivity index (χ2v) is 7.92. The van der Waals surface area contributed by atoms with Crippen molar-refractivity contribution in [2.24, 2.45) is 0 Å². The van der Waals surface area contributed by atoms with Crippen molar-refractivity contribution in [3.05, 3.63) is 40.7 Å². The first-order valence-corrected chi connectivity index (χ1v) is 9.80. The Morgan fingerprint density at radius 3 is 2.62 bits per heavy atom. The van der Waals surface area contributed by atoms with Crippen molar-refractivity contribution in [3.8, 4) is 0 Å². The summed E-state index contributed by atoms with van der Waals surface area (Å²) in [4.78, 5) is 16.6. The number of piperazine rings is 1. The van der Waals surface area contributed by atoms with Gasteiger partial charge < -0.3 is 0 Å². The van der Waals surface area contributed by atoms with Gasteiger partial charge in [-0.1, -0.05) is 29.5 Å². The molecule has 8 heteroatoms. The minimum atomic E-state index is -0.156. The molecule has 1 aliphatic heterocycles. The fourth-order valence-electron chi connectivity index (χ4n) is 3.12. The van der Waals surface area contributed by atoms with Crippen LogP contribution in [0.1, 0.15) is 29.3 Å². The number of carbonyl (C=O) groups is 1. The average molecular weight is 375 g/mol. The maximum atomic E-state index is 13.8. The molecule has 1 amide bonds. The minimum absolute atomic E-state index is 0.0500. The lowest BCUT2D eigenvalue weighted by molar-refractivity contribution is -0.117. The molecule has 1 aromatic heterocycles. The number of anilines is 1. The Balaban J connectivity index is 1.21. The smallest absolute Gasteiger partial charge is 0.240 e. The summed E-state index contributed by atoms with van der Waals surface area (Å²) < 4.78 is 13.8. The first-order valence-electron chi connectivity index (χ1n) is 8.99. The average Bonchev–Trinajstić information content (AvgIpc) is 3.38. The third-order valence-corrected chi connectivity index (χ3v) is 5.80. The molecular formula is C18H22FN5OS. The summed E-state index contributed by atoms with van der Waals surface area (Å²) in [5, 5.41) is 12.7. The van der Waals surface area contributed by atoms with Crippen molar-refractivity contribution in [1.29, 1.82) is 0 Å². The van der Waals surface area contributed by atoms with E-state index in [0.29, 0.717) is 24.1 Å². The molecule has 1 saturated carbocycles. The van der Waals surface area contributed by atoms with E-state index in [-0.39, 0.29) is 11.7 Å². The maximum Gasteiger partial charge on any atom is 0.240 e. The molecule has 1 saturated heterocycles. The van der Waals surface area contributed by atoms with Crippen molar-refractivity contribution >= 4 is 22.4 Å². The third kappa shape index (κ3) is 4.44. The molecule has 0 unspecified atom stereocenters. The van der Waals surface area contributed by atoms with Crippen LogP contribution in [0.4, 0.5) is 9.52 Å². The summed E-state index contributed by atoms with van der Waals surface area (Å²) in [5.41, 5.74) is 0.724. The Labute approximate surface area is 156 Å². The Morgan fingerprint density at radius 2 is 1.88 bits per heavy atom. The number of benzene rings is 1. The molecular weight excluding hydrogens is 353 g/mol. The first kappa shape index (κ1) is 17.5. The molecule has 1 aromatic carbocycles. The maximum absolute atomic E-state index is 13.8. The van der Waals surface area contributed by atoms with Gasteiger partial charge in [0.1, 0.15) is 10.8 Å². The van der Waals surface area contributed by atoms with Gasteiger partial charge in [-0.2, -0.15) is 0 Å². The van der Waals surface area contributed by atoms with E-state index in [1.54, 1.807) is 6.07 Å². The quantitative estimate of drug-likeness (QED) is 0.840. The minimum Gasteiger partial charge on any atom is -0.299 e. The van der Waals surface area contributed by atoms with Crippen molar-refractivity contribution in [2.45, 2.75) is 25.3 Å². The highest BCUT2D eigenvalue weighted by molar-refractivity contribution is 7.15. The zero-order valence-corrected chi connectivity index (χ0v) is 15.3. The van der Waals surface area contributed by atoms with E-state index < -0.39 is 0 Å². The fourth-order valence-corrected chi connectivity index (χ4v) is 4.04. The van der Waals surface area contributed by atoms with Crippen LogP contribution in [0.2, 0.25) is 0 Å². The number of hydrogen-bond donors (Lipinski definition) is 1. The number of carbonyl (C=O) groups excluding carboxylic acids is 1. The van der Waals surface area contributed by atoms with Gasteiger partial charge in [-0.25, -0.2) is 4.39 Å². The number of amides is 1. The van der Waals surface area contributed by atoms with E-state index in [2.05, 4.69) is 25.3 Å². The topological polar surface area (TPSA) is 61.4 Å². The lowest BCUT2D eigenvalue weighted by Crippen LogP contribution is -2.48. The number of hydrogen-bond acceptors (Lipinski definition) is 6. The third-order valence-electron chi connectivity index (χ3n) is 4.80. The monoisotopic (exact) mass is 375 g/mol. The van der Waals surface area contributed by atoms with E-state index in [1.165, 1.54) is 30.2 Å². The van der Waals surface area contributed by atoms with Crippen LogP contribution in [-0.4, -0.2) is 58.6 Å². The number of nitrogens with zero attached hydrogens (tertiary/aromatic N) is 4. The van der Waals surface area contributed by atoms with Gasteiger partial charge in [0.25, 0.3) is 0 Å². The van der Waals surface area contributed by atoms with E-state index in [4.69, 9.17) is 0 Å². The molecule has 6 nitrogen and oxygen atoms in total. The van der Waals surface area contributed by atoms with Crippen molar-refractivity contribution in [1.82, 2.24) is 20.0 Å². The van der Waals surface area contributed by atoms with Gasteiger partial charge in [-0.3, -0.25) is 19.9 Å². The number of halogens is 1. The van der Waals surface area contributed by atoms with Gasteiger partial charge in [-0.15, -0.1) is 10.2 Å². The normalized spacial score (nSPS) is 18.8. The van der Waals surface area contributed by atoms with Crippen LogP contribution in [0.3, 0.4) is 0 Å². The molecule has 2 fully saturated rings. The molecule has 138 valence electrons. The summed E-state index contributed by atoms with van der Waals surface area (Å²) in [6.45, 7) is 4.21. The van der Waals surface area contributed by atoms with Crippen molar-refractivity contribution in [3.63, 3.8) is 0 Å². The van der Waals surface area contributed by atoms with E-state index in [0.717, 1.165) is 36.8 Å². The molecule has 4 rings (SSSR count). The summed E-state index contributed by atoms with van der Waals surface area (Å²) >= 11 is 1.48. The molecule has 2 heterocycles. The Bertz CT molecular complexity index is 770. The summed E-state index contributed by atoms with van der Waals surface area (Å²) in [6, 6.07) is 6.90. The van der Waals surface area contributed by atoms with Crippen LogP contribution in [0.25, 0.3) is 0 Å². The highest BCUT2D eigenvalue weighted by atomic mass is 32.1. The molecule has 0 radical (unpaired) electrons.